The molecule has 1 saturated carbocycles. The normalized spacial score (nSPS) is 18.5. The highest BCUT2D eigenvalue weighted by atomic mass is 16.2. The van der Waals surface area contributed by atoms with Gasteiger partial charge in [-0.3, -0.25) is 9.69 Å². The number of piperidine rings is 1. The number of nitrogens with one attached hydrogen (secondary N) is 1. The summed E-state index contributed by atoms with van der Waals surface area (Å²) in [5.74, 6) is 0.622. The number of fused-ring (bicyclic) bond motifs is 1. The van der Waals surface area contributed by atoms with E-state index in [0.29, 0.717) is 17.8 Å². The fourth-order valence-corrected chi connectivity index (χ4v) is 4.25. The smallest absolute Gasteiger partial charge is 0.239 e. The van der Waals surface area contributed by atoms with Crippen molar-refractivity contribution in [1.29, 1.82) is 0 Å². The predicted molar refractivity (Wildman–Crippen MR) is 110 cm³/mol. The number of aryl methyl sites for hydroxylation is 1. The Morgan fingerprint density at radius 1 is 1.11 bits per heavy atom. The molecule has 3 aromatic rings. The first-order valence-electron chi connectivity index (χ1n) is 9.99. The lowest BCUT2D eigenvalue weighted by atomic mass is 9.94. The topological polar surface area (TPSA) is 63.1 Å². The summed E-state index contributed by atoms with van der Waals surface area (Å²) in [7, 11) is 1.98. The molecule has 0 atom stereocenters. The number of anilines is 1. The van der Waals surface area contributed by atoms with Crippen molar-refractivity contribution in [3.05, 3.63) is 43.0 Å². The molecule has 3 heterocycles. The summed E-state index contributed by atoms with van der Waals surface area (Å²) in [6.07, 6.45) is 10.7. The second-order valence-electron chi connectivity index (χ2n) is 8.35. The second kappa shape index (κ2) is 6.71. The Balaban J connectivity index is 1.28. The first-order chi connectivity index (χ1) is 13.6. The number of hydrogen-bond acceptors (Lipinski definition) is 4. The summed E-state index contributed by atoms with van der Waals surface area (Å²) in [6, 6.07) is 8.19. The second-order valence-corrected chi connectivity index (χ2v) is 8.35. The molecule has 28 heavy (non-hydrogen) atoms. The summed E-state index contributed by atoms with van der Waals surface area (Å²) < 4.78 is 2.00. The number of hydrogen-bond donors (Lipinski definition) is 1. The van der Waals surface area contributed by atoms with Crippen LogP contribution in [0.5, 0.6) is 0 Å². The Morgan fingerprint density at radius 3 is 2.64 bits per heavy atom. The zero-order chi connectivity index (χ0) is 19.1. The lowest BCUT2D eigenvalue weighted by Gasteiger charge is -2.31. The minimum atomic E-state index is 0.0152. The van der Waals surface area contributed by atoms with Gasteiger partial charge in [-0.1, -0.05) is 12.1 Å². The van der Waals surface area contributed by atoms with Crippen molar-refractivity contribution in [3.8, 4) is 11.3 Å². The third-order valence-electron chi connectivity index (χ3n) is 6.34. The van der Waals surface area contributed by atoms with Crippen LogP contribution in [0.3, 0.4) is 0 Å². The number of rotatable bonds is 4. The number of benzene rings is 1. The van der Waals surface area contributed by atoms with Gasteiger partial charge in [-0.05, 0) is 61.7 Å². The van der Waals surface area contributed by atoms with Crippen LogP contribution in [0.1, 0.15) is 25.7 Å². The summed E-state index contributed by atoms with van der Waals surface area (Å²) >= 11 is 0. The SMILES string of the molecule is Cn1cncc1-c1ccc2cnc(NC(=O)CN3CCC4(CC3)CC4)cc2c1. The van der Waals surface area contributed by atoms with E-state index in [1.54, 1.807) is 6.33 Å². The molecule has 1 saturated heterocycles. The van der Waals surface area contributed by atoms with Gasteiger partial charge in [-0.25, -0.2) is 9.97 Å². The number of nitrogens with zero attached hydrogens (tertiary/aromatic N) is 4. The van der Waals surface area contributed by atoms with Gasteiger partial charge in [0, 0.05) is 24.2 Å². The van der Waals surface area contributed by atoms with Gasteiger partial charge in [0.15, 0.2) is 0 Å². The van der Waals surface area contributed by atoms with Gasteiger partial charge in [0.2, 0.25) is 5.91 Å². The molecular formula is C22H25N5O. The maximum atomic E-state index is 12.5. The minimum absolute atomic E-state index is 0.0152. The Bertz CT molecular complexity index is 1030. The highest BCUT2D eigenvalue weighted by molar-refractivity contribution is 5.94. The van der Waals surface area contributed by atoms with Gasteiger partial charge in [0.1, 0.15) is 5.82 Å². The highest BCUT2D eigenvalue weighted by Gasteiger charge is 2.44. The van der Waals surface area contributed by atoms with Gasteiger partial charge >= 0.3 is 0 Å². The maximum absolute atomic E-state index is 12.5. The fraction of sp³-hybridized carbons (Fsp3) is 0.409. The van der Waals surface area contributed by atoms with Crippen LogP contribution in [0.4, 0.5) is 5.82 Å². The summed E-state index contributed by atoms with van der Waals surface area (Å²) in [4.78, 5) is 23.4. The van der Waals surface area contributed by atoms with Crippen LogP contribution in [0.15, 0.2) is 43.0 Å². The molecule has 5 rings (SSSR count). The molecule has 1 aliphatic carbocycles. The lowest BCUT2D eigenvalue weighted by molar-refractivity contribution is -0.117. The first-order valence-corrected chi connectivity index (χ1v) is 9.99. The number of likely N-dealkylation sites (tertiary alicyclic amines) is 1. The number of pyridine rings is 1. The summed E-state index contributed by atoms with van der Waals surface area (Å²) in [5.41, 5.74) is 2.79. The van der Waals surface area contributed by atoms with E-state index in [1.807, 2.05) is 30.1 Å². The van der Waals surface area contributed by atoms with Crippen molar-refractivity contribution in [2.24, 2.45) is 12.5 Å². The van der Waals surface area contributed by atoms with Crippen LogP contribution in [0.25, 0.3) is 22.0 Å². The van der Waals surface area contributed by atoms with E-state index in [1.165, 1.54) is 25.7 Å². The lowest BCUT2D eigenvalue weighted by Crippen LogP contribution is -2.39. The third kappa shape index (κ3) is 3.40. The predicted octanol–water partition coefficient (Wildman–Crippen LogP) is 3.45. The monoisotopic (exact) mass is 375 g/mol. The van der Waals surface area contributed by atoms with Crippen LogP contribution in [-0.4, -0.2) is 45.0 Å². The molecule has 6 nitrogen and oxygen atoms in total. The van der Waals surface area contributed by atoms with E-state index in [0.717, 1.165) is 35.1 Å². The molecule has 0 unspecified atom stereocenters. The molecule has 2 fully saturated rings. The van der Waals surface area contributed by atoms with E-state index in [2.05, 4.69) is 38.4 Å². The molecule has 6 heteroatoms. The highest BCUT2D eigenvalue weighted by Crippen LogP contribution is 2.53. The zero-order valence-corrected chi connectivity index (χ0v) is 16.2. The molecule has 1 amide bonds. The number of carbonyl (C=O) groups excluding carboxylic acids is 1. The zero-order valence-electron chi connectivity index (χ0n) is 16.2. The summed E-state index contributed by atoms with van der Waals surface area (Å²) in [6.45, 7) is 2.52. The number of amides is 1. The van der Waals surface area contributed by atoms with Gasteiger partial charge in [-0.2, -0.15) is 0 Å². The molecule has 1 aromatic carbocycles. The van der Waals surface area contributed by atoms with E-state index < -0.39 is 0 Å². The number of carbonyl (C=O) groups is 1. The van der Waals surface area contributed by atoms with Crippen LogP contribution < -0.4 is 5.32 Å². The molecule has 0 bridgehead atoms. The molecule has 144 valence electrons. The van der Waals surface area contributed by atoms with Crippen molar-refractivity contribution < 1.29 is 4.79 Å². The van der Waals surface area contributed by atoms with Gasteiger partial charge in [-0.15, -0.1) is 0 Å². The molecule has 1 N–H and O–H groups in total. The number of imidazole rings is 1. The Hall–Kier alpha value is -2.73. The maximum Gasteiger partial charge on any atom is 0.239 e. The van der Waals surface area contributed by atoms with Crippen molar-refractivity contribution >= 4 is 22.5 Å². The quantitative estimate of drug-likeness (QED) is 0.759. The Kier molecular flexibility index (Phi) is 4.16. The molecule has 0 radical (unpaired) electrons. The number of aromatic nitrogens is 3. The van der Waals surface area contributed by atoms with E-state index in [-0.39, 0.29) is 5.91 Å². The third-order valence-corrected chi connectivity index (χ3v) is 6.34. The van der Waals surface area contributed by atoms with Crippen LogP contribution in [0.2, 0.25) is 0 Å². The first kappa shape index (κ1) is 17.4. The molecular weight excluding hydrogens is 350 g/mol. The van der Waals surface area contributed by atoms with Crippen molar-refractivity contribution in [2.45, 2.75) is 25.7 Å². The minimum Gasteiger partial charge on any atom is -0.334 e. The van der Waals surface area contributed by atoms with Gasteiger partial charge in [0.05, 0.1) is 24.8 Å². The van der Waals surface area contributed by atoms with Crippen LogP contribution >= 0.6 is 0 Å². The van der Waals surface area contributed by atoms with Crippen molar-refractivity contribution in [1.82, 2.24) is 19.4 Å². The Labute approximate surface area is 164 Å². The average molecular weight is 375 g/mol. The average Bonchev–Trinajstić information content (AvgIpc) is 3.31. The van der Waals surface area contributed by atoms with Crippen LogP contribution in [-0.2, 0) is 11.8 Å². The van der Waals surface area contributed by atoms with Crippen molar-refractivity contribution in [2.75, 3.05) is 25.0 Å². The molecule has 2 aliphatic rings. The molecule has 1 spiro atoms. The molecule has 2 aromatic heterocycles. The van der Waals surface area contributed by atoms with Crippen molar-refractivity contribution in [3.63, 3.8) is 0 Å². The largest absolute Gasteiger partial charge is 0.334 e. The van der Waals surface area contributed by atoms with Gasteiger partial charge in [0.25, 0.3) is 0 Å². The van der Waals surface area contributed by atoms with E-state index in [4.69, 9.17) is 0 Å². The fourth-order valence-electron chi connectivity index (χ4n) is 4.25. The Morgan fingerprint density at radius 2 is 1.93 bits per heavy atom. The summed E-state index contributed by atoms with van der Waals surface area (Å²) in [5, 5.41) is 5.08. The van der Waals surface area contributed by atoms with Gasteiger partial charge < -0.3 is 9.88 Å². The van der Waals surface area contributed by atoms with E-state index in [9.17, 15) is 4.79 Å². The van der Waals surface area contributed by atoms with Crippen LogP contribution in [0, 0.1) is 5.41 Å². The molecule has 1 aliphatic heterocycles. The van der Waals surface area contributed by atoms with E-state index >= 15 is 0 Å². The standard InChI is InChI=1S/C22H25N5O/c1-26-15-23-13-19(26)16-2-3-17-12-24-20(11-18(17)10-16)25-21(28)14-27-8-6-22(4-5-22)7-9-27/h2-3,10-13,15H,4-9,14H2,1H3,(H,24,25,28).